The van der Waals surface area contributed by atoms with Gasteiger partial charge in [-0.3, -0.25) is 0 Å². The Hall–Kier alpha value is -2.04. The number of halogens is 2. The Morgan fingerprint density at radius 3 is 1.61 bits per heavy atom. The molecule has 0 fully saturated rings. The van der Waals surface area contributed by atoms with Gasteiger partial charge in [0.25, 0.3) is 0 Å². The van der Waals surface area contributed by atoms with E-state index in [0.29, 0.717) is 13.2 Å². The van der Waals surface area contributed by atoms with Crippen LogP contribution in [0.25, 0.3) is 33.9 Å². The summed E-state index contributed by atoms with van der Waals surface area (Å²) in [6.07, 6.45) is 6.26. The van der Waals surface area contributed by atoms with E-state index in [1.165, 1.54) is 71.3 Å². The predicted octanol–water partition coefficient (Wildman–Crippen LogP) is 7.19. The SMILES string of the molecule is CCCCC1=C(C)[CH]([Zr+2][CH]2C(C(C)C)=Cc3c(-c4ccc(C(C)(C)C)cc4)cccc32)c2cccc(-c3ccc(C(C)(C)C)cc3)c21.C[Si](C)(O)O.[Cl-].[Cl-]. The molecule has 54 heavy (non-hydrogen) atoms. The maximum atomic E-state index is 8.22. The molecule has 0 saturated carbocycles. The van der Waals surface area contributed by atoms with Crippen LogP contribution in [0.5, 0.6) is 0 Å². The fourth-order valence-corrected chi connectivity index (χ4v) is 13.2. The molecular weight excluding hydrogens is 799 g/mol. The van der Waals surface area contributed by atoms with Crippen molar-refractivity contribution in [3.8, 4) is 22.3 Å². The zero-order valence-electron chi connectivity index (χ0n) is 34.7. The maximum absolute atomic E-state index is 8.22. The molecule has 2 aliphatic carbocycles. The minimum atomic E-state index is -2.61. The van der Waals surface area contributed by atoms with Crippen LogP contribution in [0.15, 0.2) is 96.1 Å². The molecule has 6 rings (SSSR count). The number of benzene rings is 4. The Labute approximate surface area is 352 Å². The Balaban J connectivity index is 0.00000105. The Bertz CT molecular complexity index is 1930. The van der Waals surface area contributed by atoms with Gasteiger partial charge in [-0.2, -0.15) is 0 Å². The van der Waals surface area contributed by atoms with Crippen LogP contribution >= 0.6 is 0 Å². The maximum Gasteiger partial charge on any atom is 0.326 e. The molecule has 0 heterocycles. The number of rotatable bonds is 8. The second kappa shape index (κ2) is 18.5. The summed E-state index contributed by atoms with van der Waals surface area (Å²) in [5.41, 5.74) is 19.9. The van der Waals surface area contributed by atoms with E-state index in [4.69, 9.17) is 9.59 Å². The first-order valence-corrected chi connectivity index (χ1v) is 25.1. The van der Waals surface area contributed by atoms with E-state index in [1.807, 2.05) is 0 Å². The minimum Gasteiger partial charge on any atom is -1.00 e. The molecule has 0 bridgehead atoms. The summed E-state index contributed by atoms with van der Waals surface area (Å²) in [4.78, 5) is 16.4. The van der Waals surface area contributed by atoms with Crippen LogP contribution in [0, 0.1) is 5.92 Å². The summed E-state index contributed by atoms with van der Waals surface area (Å²) < 4.78 is 1.19. The average molecular weight is 861 g/mol. The van der Waals surface area contributed by atoms with Crippen molar-refractivity contribution in [2.75, 3.05) is 0 Å². The minimum absolute atomic E-state index is 0. The standard InChI is InChI=1S/C24H29.C22H25.C2H8O2Si.2ClH.Zr/c1-6-7-10-21-17(2)16-19-9-8-11-22(23(19)21)18-12-14-20(15-13-18)24(3,4)5;1-15(2)18-13-17-7-6-8-20(21(17)14-18)16-9-11-19(12-10-16)22(3,4)5;1-5(2,3)4;;;/h8-9,11-16H,6-7,10H2,1-5H3;6-15H,1-5H3;3-4H,1-2H3;2*1H;/q;;;;;+2/p-2. The molecule has 0 aromatic heterocycles. The van der Waals surface area contributed by atoms with Crippen molar-refractivity contribution in [1.29, 1.82) is 0 Å². The van der Waals surface area contributed by atoms with E-state index in [0.717, 1.165) is 0 Å². The van der Waals surface area contributed by atoms with Crippen LogP contribution in [0.4, 0.5) is 0 Å². The summed E-state index contributed by atoms with van der Waals surface area (Å²) in [5, 5.41) is 0. The zero-order chi connectivity index (χ0) is 38.2. The first-order valence-electron chi connectivity index (χ1n) is 19.4. The topological polar surface area (TPSA) is 40.5 Å². The second-order valence-electron chi connectivity index (χ2n) is 17.8. The number of hydrogen-bond donors (Lipinski definition) is 2. The van der Waals surface area contributed by atoms with Gasteiger partial charge in [-0.1, -0.05) is 0 Å². The van der Waals surface area contributed by atoms with Crippen molar-refractivity contribution in [3.63, 3.8) is 0 Å². The molecule has 0 spiro atoms. The van der Waals surface area contributed by atoms with E-state index >= 15 is 0 Å². The van der Waals surface area contributed by atoms with Gasteiger partial charge in [-0.05, 0) is 13.1 Å². The number of unbranched alkanes of at least 4 members (excludes halogenated alkanes) is 1. The number of allylic oxidation sites excluding steroid dienone is 3. The van der Waals surface area contributed by atoms with Crippen LogP contribution in [-0.2, 0) is 34.1 Å². The Morgan fingerprint density at radius 1 is 0.685 bits per heavy atom. The summed E-state index contributed by atoms with van der Waals surface area (Å²) >= 11 is -1.00. The predicted molar refractivity (Wildman–Crippen MR) is 223 cm³/mol. The summed E-state index contributed by atoms with van der Waals surface area (Å²) in [7, 11) is -2.61. The third kappa shape index (κ3) is 10.7. The van der Waals surface area contributed by atoms with Gasteiger partial charge >= 0.3 is 308 Å². The molecule has 2 atom stereocenters. The molecule has 0 aliphatic heterocycles. The van der Waals surface area contributed by atoms with Crippen molar-refractivity contribution < 1.29 is 57.6 Å². The van der Waals surface area contributed by atoms with Gasteiger partial charge in [0.1, 0.15) is 0 Å². The van der Waals surface area contributed by atoms with Crippen molar-refractivity contribution in [1.82, 2.24) is 0 Å². The molecule has 0 amide bonds. The monoisotopic (exact) mass is 858 g/mol. The molecule has 2 unspecified atom stereocenters. The van der Waals surface area contributed by atoms with Crippen LogP contribution in [0.3, 0.4) is 0 Å². The van der Waals surface area contributed by atoms with Crippen molar-refractivity contribution >= 4 is 20.2 Å². The van der Waals surface area contributed by atoms with Crippen LogP contribution in [-0.4, -0.2) is 18.2 Å². The fraction of sp³-hybridized carbons (Fsp3) is 0.417. The van der Waals surface area contributed by atoms with Gasteiger partial charge in [0.2, 0.25) is 0 Å². The third-order valence-corrected chi connectivity index (χ3v) is 15.7. The molecule has 2 aliphatic rings. The van der Waals surface area contributed by atoms with Gasteiger partial charge in [-0.15, -0.1) is 0 Å². The number of hydrogen-bond acceptors (Lipinski definition) is 2. The fourth-order valence-electron chi connectivity index (χ4n) is 7.71. The van der Waals surface area contributed by atoms with E-state index in [2.05, 4.69) is 160 Å². The molecule has 0 saturated heterocycles. The van der Waals surface area contributed by atoms with E-state index in [9.17, 15) is 0 Å². The van der Waals surface area contributed by atoms with Gasteiger partial charge in [0.05, 0.1) is 0 Å². The van der Waals surface area contributed by atoms with Crippen LogP contribution in [0.1, 0.15) is 129 Å². The van der Waals surface area contributed by atoms with Crippen molar-refractivity contribution in [3.05, 3.63) is 129 Å². The third-order valence-electron chi connectivity index (χ3n) is 10.6. The van der Waals surface area contributed by atoms with Crippen molar-refractivity contribution in [2.24, 2.45) is 5.92 Å². The normalized spacial score (nSPS) is 16.4. The van der Waals surface area contributed by atoms with Gasteiger partial charge < -0.3 is 34.4 Å². The molecule has 6 heteroatoms. The molecular formula is C48H62Cl2O2SiZr. The van der Waals surface area contributed by atoms with E-state index in [1.54, 1.807) is 33.4 Å². The molecule has 4 aromatic rings. The second-order valence-corrected chi connectivity index (χ2v) is 24.5. The van der Waals surface area contributed by atoms with Gasteiger partial charge in [0, 0.05) is 0 Å². The molecule has 2 nitrogen and oxygen atoms in total. The average Bonchev–Trinajstić information content (AvgIpc) is 3.57. The Kier molecular flexibility index (Phi) is 15.9. The van der Waals surface area contributed by atoms with E-state index in [-0.39, 0.29) is 35.6 Å². The van der Waals surface area contributed by atoms with Crippen molar-refractivity contribution in [2.45, 2.75) is 120 Å². The van der Waals surface area contributed by atoms with E-state index < -0.39 is 31.8 Å². The summed E-state index contributed by atoms with van der Waals surface area (Å²) in [6.45, 7) is 26.3. The molecule has 288 valence electrons. The first-order chi connectivity index (χ1) is 24.3. The van der Waals surface area contributed by atoms with Gasteiger partial charge in [-0.25, -0.2) is 0 Å². The summed E-state index contributed by atoms with van der Waals surface area (Å²) in [5.74, 6) is 0.543. The Morgan fingerprint density at radius 2 is 1.15 bits per heavy atom. The first kappa shape index (κ1) is 46.3. The molecule has 4 aromatic carbocycles. The summed E-state index contributed by atoms with van der Waals surface area (Å²) in [6, 6.07) is 33.2. The smallest absolute Gasteiger partial charge is 0.326 e. The largest absolute Gasteiger partial charge is 1.00 e. The molecule has 0 radical (unpaired) electrons. The molecule has 2 N–H and O–H groups in total. The van der Waals surface area contributed by atoms with Gasteiger partial charge in [0.15, 0.2) is 0 Å². The zero-order valence-corrected chi connectivity index (χ0v) is 39.6. The van der Waals surface area contributed by atoms with Crippen LogP contribution in [0.2, 0.25) is 13.1 Å². The quantitative estimate of drug-likeness (QED) is 0.185. The van der Waals surface area contributed by atoms with Crippen LogP contribution < -0.4 is 24.8 Å². The number of fused-ring (bicyclic) bond motifs is 2.